The zero-order chi connectivity index (χ0) is 12.7. The molecule has 0 amide bonds. The van der Waals surface area contributed by atoms with Crippen LogP contribution in [0.15, 0.2) is 12.3 Å². The van der Waals surface area contributed by atoms with Gasteiger partial charge in [-0.2, -0.15) is 0 Å². The van der Waals surface area contributed by atoms with Crippen molar-refractivity contribution >= 4 is 11.3 Å². The van der Waals surface area contributed by atoms with Gasteiger partial charge in [-0.05, 0) is 44.7 Å². The van der Waals surface area contributed by atoms with Gasteiger partial charge in [0.25, 0.3) is 0 Å². The lowest BCUT2D eigenvalue weighted by molar-refractivity contribution is 0.546. The summed E-state index contributed by atoms with van der Waals surface area (Å²) >= 11 is 1.78. The lowest BCUT2D eigenvalue weighted by atomic mass is 9.93. The van der Waals surface area contributed by atoms with Crippen LogP contribution in [0.2, 0.25) is 0 Å². The standard InChI is InChI=1S/C14H19N3S/c1-9-6-11-12(15)4-3-5-13(11)17(9)8-14-16-7-10(2)18-14/h6-7,12H,3-5,8,15H2,1-2H3. The fourth-order valence-corrected chi connectivity index (χ4v) is 3.61. The smallest absolute Gasteiger partial charge is 0.113 e. The van der Waals surface area contributed by atoms with Gasteiger partial charge >= 0.3 is 0 Å². The predicted molar refractivity (Wildman–Crippen MR) is 75.0 cm³/mol. The number of rotatable bonds is 2. The maximum Gasteiger partial charge on any atom is 0.113 e. The van der Waals surface area contributed by atoms with Crippen LogP contribution in [0.5, 0.6) is 0 Å². The SMILES string of the molecule is Cc1cnc(Cn2c(C)cc3c2CCCC3N)s1. The van der Waals surface area contributed by atoms with Crippen LogP contribution in [-0.2, 0) is 13.0 Å². The van der Waals surface area contributed by atoms with Gasteiger partial charge in [0.2, 0.25) is 0 Å². The molecule has 0 saturated carbocycles. The number of nitrogens with two attached hydrogens (primary N) is 1. The van der Waals surface area contributed by atoms with E-state index in [0.717, 1.165) is 19.4 Å². The number of nitrogens with zero attached hydrogens (tertiary/aromatic N) is 2. The number of fused-ring (bicyclic) bond motifs is 1. The topological polar surface area (TPSA) is 43.8 Å². The number of hydrogen-bond acceptors (Lipinski definition) is 3. The van der Waals surface area contributed by atoms with Crippen molar-refractivity contribution in [3.8, 4) is 0 Å². The molecular formula is C14H19N3S. The van der Waals surface area contributed by atoms with Crippen LogP contribution in [0, 0.1) is 13.8 Å². The predicted octanol–water partition coefficient (Wildman–Crippen LogP) is 2.95. The normalized spacial score (nSPS) is 18.9. The molecule has 0 spiro atoms. The van der Waals surface area contributed by atoms with Gasteiger partial charge in [-0.3, -0.25) is 0 Å². The van der Waals surface area contributed by atoms with Crippen molar-refractivity contribution in [1.82, 2.24) is 9.55 Å². The minimum absolute atomic E-state index is 0.228. The van der Waals surface area contributed by atoms with E-state index < -0.39 is 0 Å². The van der Waals surface area contributed by atoms with E-state index >= 15 is 0 Å². The number of thiazole rings is 1. The Morgan fingerprint density at radius 3 is 3.06 bits per heavy atom. The molecular weight excluding hydrogens is 242 g/mol. The summed E-state index contributed by atoms with van der Waals surface area (Å²) in [4.78, 5) is 5.74. The van der Waals surface area contributed by atoms with E-state index in [4.69, 9.17) is 5.73 Å². The van der Waals surface area contributed by atoms with Crippen LogP contribution in [0.25, 0.3) is 0 Å². The van der Waals surface area contributed by atoms with Gasteiger partial charge in [0, 0.05) is 28.5 Å². The molecule has 2 N–H and O–H groups in total. The highest BCUT2D eigenvalue weighted by molar-refractivity contribution is 7.11. The molecule has 3 rings (SSSR count). The molecule has 0 aromatic carbocycles. The van der Waals surface area contributed by atoms with Gasteiger partial charge < -0.3 is 10.3 Å². The van der Waals surface area contributed by atoms with E-state index in [0.29, 0.717) is 0 Å². The van der Waals surface area contributed by atoms with Crippen molar-refractivity contribution < 1.29 is 0 Å². The van der Waals surface area contributed by atoms with E-state index in [1.807, 2.05) is 6.20 Å². The third-order valence-corrected chi connectivity index (χ3v) is 4.64. The van der Waals surface area contributed by atoms with Crippen LogP contribution in [-0.4, -0.2) is 9.55 Å². The average molecular weight is 261 g/mol. The van der Waals surface area contributed by atoms with Crippen LogP contribution in [0.3, 0.4) is 0 Å². The molecule has 96 valence electrons. The minimum atomic E-state index is 0.228. The van der Waals surface area contributed by atoms with E-state index in [1.165, 1.54) is 33.3 Å². The summed E-state index contributed by atoms with van der Waals surface area (Å²) in [6.45, 7) is 5.17. The molecule has 2 heterocycles. The fourth-order valence-electron chi connectivity index (χ4n) is 2.83. The van der Waals surface area contributed by atoms with Crippen LogP contribution in [0.1, 0.15) is 45.7 Å². The third kappa shape index (κ3) is 1.99. The molecule has 0 aliphatic heterocycles. The Morgan fingerprint density at radius 1 is 1.50 bits per heavy atom. The molecule has 0 radical (unpaired) electrons. The number of aryl methyl sites for hydroxylation is 2. The van der Waals surface area contributed by atoms with Gasteiger partial charge in [-0.1, -0.05) is 0 Å². The van der Waals surface area contributed by atoms with E-state index in [-0.39, 0.29) is 6.04 Å². The summed E-state index contributed by atoms with van der Waals surface area (Å²) in [6.07, 6.45) is 5.43. The minimum Gasteiger partial charge on any atom is -0.342 e. The summed E-state index contributed by atoms with van der Waals surface area (Å²) in [5, 5.41) is 1.19. The second kappa shape index (κ2) is 4.52. The maximum absolute atomic E-state index is 6.20. The van der Waals surface area contributed by atoms with Crippen LogP contribution in [0.4, 0.5) is 0 Å². The first-order valence-corrected chi connectivity index (χ1v) is 7.32. The summed E-state index contributed by atoms with van der Waals surface area (Å²) in [5.41, 5.74) is 10.3. The van der Waals surface area contributed by atoms with Gasteiger partial charge in [0.15, 0.2) is 0 Å². The van der Waals surface area contributed by atoms with Crippen molar-refractivity contribution in [1.29, 1.82) is 0 Å². The highest BCUT2D eigenvalue weighted by Gasteiger charge is 2.22. The Labute approximate surface area is 112 Å². The van der Waals surface area contributed by atoms with E-state index in [1.54, 1.807) is 11.3 Å². The van der Waals surface area contributed by atoms with E-state index in [9.17, 15) is 0 Å². The first kappa shape index (κ1) is 11.9. The molecule has 3 nitrogen and oxygen atoms in total. The largest absolute Gasteiger partial charge is 0.342 e. The van der Waals surface area contributed by atoms with E-state index in [2.05, 4.69) is 29.5 Å². The summed E-state index contributed by atoms with van der Waals surface area (Å²) in [5.74, 6) is 0. The third-order valence-electron chi connectivity index (χ3n) is 3.74. The fraction of sp³-hybridized carbons (Fsp3) is 0.500. The average Bonchev–Trinajstić information content (AvgIpc) is 2.87. The Morgan fingerprint density at radius 2 is 2.33 bits per heavy atom. The Balaban J connectivity index is 1.97. The van der Waals surface area contributed by atoms with Crippen molar-refractivity contribution in [2.45, 2.75) is 45.7 Å². The lowest BCUT2D eigenvalue weighted by Crippen LogP contribution is -2.18. The molecule has 0 fully saturated rings. The summed E-state index contributed by atoms with van der Waals surface area (Å²) < 4.78 is 2.40. The maximum atomic E-state index is 6.20. The zero-order valence-electron chi connectivity index (χ0n) is 10.9. The first-order chi connectivity index (χ1) is 8.65. The lowest BCUT2D eigenvalue weighted by Gasteiger charge is -2.20. The summed E-state index contributed by atoms with van der Waals surface area (Å²) in [7, 11) is 0. The molecule has 18 heavy (non-hydrogen) atoms. The Bertz CT molecular complexity index is 568. The molecule has 1 unspecified atom stereocenters. The van der Waals surface area contributed by atoms with Crippen molar-refractivity contribution in [3.05, 3.63) is 39.1 Å². The molecule has 0 saturated heterocycles. The number of hydrogen-bond donors (Lipinski definition) is 1. The highest BCUT2D eigenvalue weighted by Crippen LogP contribution is 2.31. The molecule has 1 aliphatic carbocycles. The second-order valence-electron chi connectivity index (χ2n) is 5.14. The van der Waals surface area contributed by atoms with Crippen molar-refractivity contribution in [2.75, 3.05) is 0 Å². The summed E-state index contributed by atoms with van der Waals surface area (Å²) in [6, 6.07) is 2.49. The van der Waals surface area contributed by atoms with Gasteiger partial charge in [0.1, 0.15) is 5.01 Å². The van der Waals surface area contributed by atoms with Crippen LogP contribution >= 0.6 is 11.3 Å². The molecule has 1 atom stereocenters. The Hall–Kier alpha value is -1.13. The highest BCUT2D eigenvalue weighted by atomic mass is 32.1. The van der Waals surface area contributed by atoms with Crippen molar-refractivity contribution in [3.63, 3.8) is 0 Å². The van der Waals surface area contributed by atoms with Gasteiger partial charge in [-0.25, -0.2) is 4.98 Å². The Kier molecular flexibility index (Phi) is 2.99. The second-order valence-corrected chi connectivity index (χ2v) is 6.46. The van der Waals surface area contributed by atoms with Crippen LogP contribution < -0.4 is 5.73 Å². The first-order valence-electron chi connectivity index (χ1n) is 6.51. The molecule has 2 aromatic rings. The van der Waals surface area contributed by atoms with Gasteiger partial charge in [0.05, 0.1) is 6.54 Å². The molecule has 1 aliphatic rings. The molecule has 2 aromatic heterocycles. The molecule has 0 bridgehead atoms. The zero-order valence-corrected chi connectivity index (χ0v) is 11.8. The van der Waals surface area contributed by atoms with Gasteiger partial charge in [-0.15, -0.1) is 11.3 Å². The monoisotopic (exact) mass is 261 g/mol. The quantitative estimate of drug-likeness (QED) is 0.903. The molecule has 4 heteroatoms. The van der Waals surface area contributed by atoms with Crippen molar-refractivity contribution in [2.24, 2.45) is 5.73 Å². The number of aromatic nitrogens is 2.